The van der Waals surface area contributed by atoms with Gasteiger partial charge in [0.2, 0.25) is 0 Å². The summed E-state index contributed by atoms with van der Waals surface area (Å²) in [6.07, 6.45) is 0. The van der Waals surface area contributed by atoms with Crippen LogP contribution in [0.25, 0.3) is 0 Å². The number of phenols is 1. The predicted molar refractivity (Wildman–Crippen MR) is 80.0 cm³/mol. The minimum absolute atomic E-state index is 0.0727. The van der Waals surface area contributed by atoms with Crippen LogP contribution in [0.15, 0.2) is 42.5 Å². The molecule has 0 amide bonds. The molecule has 2 aromatic carbocycles. The molecule has 2 aromatic rings. The van der Waals surface area contributed by atoms with Gasteiger partial charge in [-0.05, 0) is 38.2 Å². The number of hydrogen-bond donors (Lipinski definition) is 2. The number of halogens is 1. The summed E-state index contributed by atoms with van der Waals surface area (Å²) in [4.78, 5) is 1.83. The molecule has 1 unspecified atom stereocenters. The van der Waals surface area contributed by atoms with E-state index in [-0.39, 0.29) is 17.6 Å². The van der Waals surface area contributed by atoms with Crippen molar-refractivity contribution in [1.82, 2.24) is 5.32 Å². The van der Waals surface area contributed by atoms with Crippen molar-refractivity contribution in [3.63, 3.8) is 0 Å². The molecule has 2 rings (SSSR count). The average Bonchev–Trinajstić information content (AvgIpc) is 2.45. The monoisotopic (exact) mass is 274 g/mol. The van der Waals surface area contributed by atoms with E-state index in [1.54, 1.807) is 12.1 Å². The highest BCUT2D eigenvalue weighted by Crippen LogP contribution is 2.31. The number of rotatable bonds is 4. The third kappa shape index (κ3) is 2.91. The highest BCUT2D eigenvalue weighted by Gasteiger charge is 2.11. The smallest absolute Gasteiger partial charge is 0.125 e. The fourth-order valence-electron chi connectivity index (χ4n) is 2.10. The van der Waals surface area contributed by atoms with Crippen LogP contribution in [0.2, 0.25) is 0 Å². The third-order valence-corrected chi connectivity index (χ3v) is 3.50. The second-order valence-electron chi connectivity index (χ2n) is 4.79. The summed E-state index contributed by atoms with van der Waals surface area (Å²) < 4.78 is 13.3. The van der Waals surface area contributed by atoms with Crippen molar-refractivity contribution in [2.75, 3.05) is 19.0 Å². The molecule has 2 N–H and O–H groups in total. The van der Waals surface area contributed by atoms with Crippen molar-refractivity contribution in [3.8, 4) is 5.75 Å². The fraction of sp³-hybridized carbons (Fsp3) is 0.250. The molecule has 0 aliphatic heterocycles. The molecular formula is C16H19FN2O. The van der Waals surface area contributed by atoms with Crippen LogP contribution >= 0.6 is 0 Å². The van der Waals surface area contributed by atoms with Crippen LogP contribution in [0.1, 0.15) is 18.5 Å². The Morgan fingerprint density at radius 2 is 1.85 bits per heavy atom. The Bertz CT molecular complexity index is 601. The Hall–Kier alpha value is -2.07. The second kappa shape index (κ2) is 5.92. The van der Waals surface area contributed by atoms with Crippen molar-refractivity contribution < 1.29 is 9.50 Å². The molecule has 0 aliphatic rings. The van der Waals surface area contributed by atoms with Gasteiger partial charge in [0.25, 0.3) is 0 Å². The highest BCUT2D eigenvalue weighted by atomic mass is 19.1. The van der Waals surface area contributed by atoms with Crippen molar-refractivity contribution in [2.45, 2.75) is 13.0 Å². The maximum atomic E-state index is 13.3. The Labute approximate surface area is 118 Å². The number of aromatic hydroxyl groups is 1. The van der Waals surface area contributed by atoms with Crippen molar-refractivity contribution in [2.24, 2.45) is 0 Å². The van der Waals surface area contributed by atoms with Crippen LogP contribution in [0.5, 0.6) is 5.75 Å². The van der Waals surface area contributed by atoms with Crippen LogP contribution in [0.3, 0.4) is 0 Å². The number of nitrogens with one attached hydrogen (secondary N) is 1. The van der Waals surface area contributed by atoms with Gasteiger partial charge in [-0.2, -0.15) is 0 Å². The maximum absolute atomic E-state index is 13.3. The Balaban J connectivity index is 2.32. The summed E-state index contributed by atoms with van der Waals surface area (Å²) in [5.41, 5.74) is 2.38. The highest BCUT2D eigenvalue weighted by molar-refractivity contribution is 5.64. The zero-order valence-corrected chi connectivity index (χ0v) is 11.9. The van der Waals surface area contributed by atoms with E-state index < -0.39 is 0 Å². The first kappa shape index (κ1) is 14.3. The lowest BCUT2D eigenvalue weighted by Gasteiger charge is -2.21. The first-order chi connectivity index (χ1) is 9.52. The van der Waals surface area contributed by atoms with Gasteiger partial charge in [0, 0.05) is 36.1 Å². The van der Waals surface area contributed by atoms with E-state index in [1.807, 2.05) is 44.1 Å². The number of benzene rings is 2. The van der Waals surface area contributed by atoms with E-state index in [0.29, 0.717) is 0 Å². The van der Waals surface area contributed by atoms with Gasteiger partial charge in [0.05, 0.1) is 0 Å². The molecule has 106 valence electrons. The molecule has 20 heavy (non-hydrogen) atoms. The fourth-order valence-corrected chi connectivity index (χ4v) is 2.10. The Morgan fingerprint density at radius 1 is 1.15 bits per heavy atom. The van der Waals surface area contributed by atoms with Crippen LogP contribution in [-0.2, 0) is 0 Å². The number of hydrogen-bond acceptors (Lipinski definition) is 3. The van der Waals surface area contributed by atoms with Crippen molar-refractivity contribution in [1.29, 1.82) is 0 Å². The lowest BCUT2D eigenvalue weighted by molar-refractivity contribution is 0.458. The average molecular weight is 274 g/mol. The third-order valence-electron chi connectivity index (χ3n) is 3.50. The summed E-state index contributed by atoms with van der Waals surface area (Å²) >= 11 is 0. The van der Waals surface area contributed by atoms with E-state index in [4.69, 9.17) is 0 Å². The minimum atomic E-state index is -0.279. The van der Waals surface area contributed by atoms with Crippen molar-refractivity contribution in [3.05, 3.63) is 53.8 Å². The molecule has 4 heteroatoms. The first-order valence-corrected chi connectivity index (χ1v) is 6.52. The summed E-state index contributed by atoms with van der Waals surface area (Å²) in [5, 5.41) is 13.2. The summed E-state index contributed by atoms with van der Waals surface area (Å²) in [7, 11) is 3.68. The van der Waals surface area contributed by atoms with E-state index in [0.717, 1.165) is 16.9 Å². The first-order valence-electron chi connectivity index (χ1n) is 6.52. The van der Waals surface area contributed by atoms with Gasteiger partial charge in [-0.3, -0.25) is 0 Å². The van der Waals surface area contributed by atoms with Gasteiger partial charge in [-0.15, -0.1) is 0 Å². The molecule has 0 saturated heterocycles. The summed E-state index contributed by atoms with van der Waals surface area (Å²) in [6.45, 7) is 1.98. The zero-order chi connectivity index (χ0) is 14.7. The number of phenolic OH excluding ortho intramolecular Hbond substituents is 1. The molecular weight excluding hydrogens is 255 g/mol. The van der Waals surface area contributed by atoms with E-state index in [1.165, 1.54) is 12.1 Å². The van der Waals surface area contributed by atoms with Crippen LogP contribution in [0, 0.1) is 5.82 Å². The molecule has 0 radical (unpaired) electrons. The Morgan fingerprint density at radius 3 is 2.45 bits per heavy atom. The Kier molecular flexibility index (Phi) is 4.25. The topological polar surface area (TPSA) is 35.5 Å². The molecule has 0 saturated carbocycles. The molecule has 0 spiro atoms. The quantitative estimate of drug-likeness (QED) is 0.894. The maximum Gasteiger partial charge on any atom is 0.125 e. The molecule has 0 fully saturated rings. The van der Waals surface area contributed by atoms with Gasteiger partial charge in [-0.1, -0.05) is 12.1 Å². The number of nitrogens with zero attached hydrogens (tertiary/aromatic N) is 1. The van der Waals surface area contributed by atoms with Crippen LogP contribution in [-0.4, -0.2) is 19.2 Å². The lowest BCUT2D eigenvalue weighted by Crippen LogP contribution is -2.13. The van der Waals surface area contributed by atoms with Crippen LogP contribution in [0.4, 0.5) is 15.8 Å². The molecule has 0 heterocycles. The molecule has 0 bridgehead atoms. The molecule has 1 atom stereocenters. The van der Waals surface area contributed by atoms with Gasteiger partial charge in [-0.25, -0.2) is 4.39 Å². The lowest BCUT2D eigenvalue weighted by atomic mass is 10.1. The molecule has 3 nitrogen and oxygen atoms in total. The normalized spacial score (nSPS) is 12.2. The van der Waals surface area contributed by atoms with E-state index in [9.17, 15) is 9.50 Å². The molecule has 0 aliphatic carbocycles. The van der Waals surface area contributed by atoms with E-state index >= 15 is 0 Å². The molecule has 0 aromatic heterocycles. The van der Waals surface area contributed by atoms with E-state index in [2.05, 4.69) is 5.32 Å². The van der Waals surface area contributed by atoms with Gasteiger partial charge >= 0.3 is 0 Å². The SMILES string of the molecule is CNC(C)c1ccc(N(C)c2cccc(F)c2)cc1O. The standard InChI is InChI=1S/C16H19FN2O/c1-11(18-2)15-8-7-14(10-16(15)20)19(3)13-6-4-5-12(17)9-13/h4-11,18,20H,1-3H3. The second-order valence-corrected chi connectivity index (χ2v) is 4.79. The summed E-state index contributed by atoms with van der Waals surface area (Å²) in [5.74, 6) is -0.0494. The number of anilines is 2. The van der Waals surface area contributed by atoms with Gasteiger partial charge < -0.3 is 15.3 Å². The van der Waals surface area contributed by atoms with Gasteiger partial charge in [0.1, 0.15) is 11.6 Å². The van der Waals surface area contributed by atoms with Crippen LogP contribution < -0.4 is 10.2 Å². The van der Waals surface area contributed by atoms with Crippen molar-refractivity contribution >= 4 is 11.4 Å². The zero-order valence-electron chi connectivity index (χ0n) is 11.9. The van der Waals surface area contributed by atoms with Gasteiger partial charge in [0.15, 0.2) is 0 Å². The minimum Gasteiger partial charge on any atom is -0.508 e. The predicted octanol–water partition coefficient (Wildman–Crippen LogP) is 3.58. The summed E-state index contributed by atoms with van der Waals surface area (Å²) in [6, 6.07) is 11.9. The largest absolute Gasteiger partial charge is 0.508 e.